The summed E-state index contributed by atoms with van der Waals surface area (Å²) in [5, 5.41) is 32.4. The molecule has 0 amide bonds. The third-order valence-corrected chi connectivity index (χ3v) is 11.3. The number of aliphatic hydroxyl groups excluding tert-OH is 1. The molecule has 0 aromatic rings. The fourth-order valence-electron chi connectivity index (χ4n) is 8.97. The van der Waals surface area contributed by atoms with E-state index >= 15 is 0 Å². The van der Waals surface area contributed by atoms with E-state index in [1.165, 1.54) is 13.8 Å². The van der Waals surface area contributed by atoms with Crippen molar-refractivity contribution in [1.29, 1.82) is 0 Å². The highest BCUT2D eigenvalue weighted by Crippen LogP contribution is 2.70. The first-order valence-corrected chi connectivity index (χ1v) is 13.7. The van der Waals surface area contributed by atoms with Gasteiger partial charge in [0.15, 0.2) is 5.78 Å². The van der Waals surface area contributed by atoms with Gasteiger partial charge in [-0.3, -0.25) is 24.0 Å². The Kier molecular flexibility index (Phi) is 6.56. The number of carbonyl (C=O) groups is 5. The number of carboxylic acid groups (broad SMARTS) is 1. The van der Waals surface area contributed by atoms with Gasteiger partial charge in [-0.2, -0.15) is 0 Å². The maximum atomic E-state index is 14.1. The van der Waals surface area contributed by atoms with Crippen molar-refractivity contribution in [2.24, 2.45) is 39.4 Å². The molecule has 4 aliphatic rings. The molecule has 0 aromatic heterocycles. The van der Waals surface area contributed by atoms with E-state index in [0.717, 1.165) is 0 Å². The molecule has 0 unspecified atom stereocenters. The van der Waals surface area contributed by atoms with Crippen molar-refractivity contribution in [3.05, 3.63) is 11.1 Å². The minimum atomic E-state index is -1.65. The number of carboxylic acids is 1. The summed E-state index contributed by atoms with van der Waals surface area (Å²) in [5.41, 5.74) is -4.36. The van der Waals surface area contributed by atoms with Gasteiger partial charge < -0.3 is 15.3 Å². The Hall–Kier alpha value is -2.19. The van der Waals surface area contributed by atoms with Crippen LogP contribution < -0.4 is 0 Å². The average Bonchev–Trinajstić information content (AvgIpc) is 2.99. The van der Waals surface area contributed by atoms with Crippen molar-refractivity contribution < 1.29 is 39.3 Å². The zero-order valence-electron chi connectivity index (χ0n) is 23.6. The number of ketones is 4. The highest BCUT2D eigenvalue weighted by atomic mass is 16.4. The lowest BCUT2D eigenvalue weighted by Crippen LogP contribution is -2.60. The predicted octanol–water partition coefficient (Wildman–Crippen LogP) is 3.45. The first kappa shape index (κ1) is 28.8. The monoisotopic (exact) mass is 530 g/mol. The maximum Gasteiger partial charge on any atom is 0.306 e. The number of hydrogen-bond acceptors (Lipinski definition) is 7. The molecule has 0 spiro atoms. The smallest absolute Gasteiger partial charge is 0.306 e. The topological polar surface area (TPSA) is 146 Å². The van der Waals surface area contributed by atoms with Crippen molar-refractivity contribution in [1.82, 2.24) is 0 Å². The number of hydrogen-bond donors (Lipinski definition) is 3. The van der Waals surface area contributed by atoms with Crippen LogP contribution in [0.1, 0.15) is 93.4 Å². The molecule has 0 aromatic carbocycles. The fraction of sp³-hybridized carbons (Fsp3) is 0.767. The number of aliphatic carboxylic acids is 1. The molecule has 8 atom stereocenters. The van der Waals surface area contributed by atoms with Crippen molar-refractivity contribution in [3.8, 4) is 0 Å². The molecular weight excluding hydrogens is 488 g/mol. The van der Waals surface area contributed by atoms with E-state index in [-0.39, 0.29) is 55.4 Å². The Bertz CT molecular complexity index is 1160. The second-order valence-electron chi connectivity index (χ2n) is 14.0. The van der Waals surface area contributed by atoms with E-state index in [9.17, 15) is 39.3 Å². The van der Waals surface area contributed by atoms with Crippen LogP contribution in [-0.2, 0) is 24.0 Å². The number of aliphatic hydroxyl groups is 2. The van der Waals surface area contributed by atoms with E-state index in [0.29, 0.717) is 24.0 Å². The largest absolute Gasteiger partial charge is 0.481 e. The molecule has 0 bridgehead atoms. The summed E-state index contributed by atoms with van der Waals surface area (Å²) in [4.78, 5) is 64.8. The van der Waals surface area contributed by atoms with Crippen LogP contribution in [0.5, 0.6) is 0 Å². The summed E-state index contributed by atoms with van der Waals surface area (Å²) in [7, 11) is 0. The highest BCUT2D eigenvalue weighted by molar-refractivity contribution is 6.05. The number of fused-ring (bicyclic) bond motifs is 4. The Morgan fingerprint density at radius 3 is 2.26 bits per heavy atom. The Morgan fingerprint density at radius 2 is 1.68 bits per heavy atom. The Morgan fingerprint density at radius 1 is 1.08 bits per heavy atom. The summed E-state index contributed by atoms with van der Waals surface area (Å²) >= 11 is 0. The molecule has 0 saturated heterocycles. The quantitative estimate of drug-likeness (QED) is 0.473. The van der Waals surface area contributed by atoms with Crippen molar-refractivity contribution in [2.75, 3.05) is 0 Å². The molecule has 0 aliphatic heterocycles. The van der Waals surface area contributed by atoms with Gasteiger partial charge in [0.2, 0.25) is 0 Å². The number of carbonyl (C=O) groups excluding carboxylic acids is 4. The standard InChI is InChI=1S/C30H42O8/c1-15(25(36)37)10-16(31)13-29(6,38)20-12-22(35)30(7)24-17(32)11-19-26(2,3)21(34)8-9-27(19,4)23(24)18(33)14-28(20,30)5/h15,17,19-20,32,38H,8-14H2,1-7H3,(H,36,37)/t15-,17-,19+,20-,27-,28+,29-,30-/m0/s1. The minimum Gasteiger partial charge on any atom is -0.481 e. The summed E-state index contributed by atoms with van der Waals surface area (Å²) < 4.78 is 0. The number of Topliss-reactive ketones (excluding diaryl/α,β-unsaturated/α-hetero) is 4. The lowest BCUT2D eigenvalue weighted by molar-refractivity contribution is -0.150. The molecule has 0 heterocycles. The minimum absolute atomic E-state index is 0.0159. The van der Waals surface area contributed by atoms with Crippen LogP contribution in [0.15, 0.2) is 11.1 Å². The summed E-state index contributed by atoms with van der Waals surface area (Å²) in [6.45, 7) is 12.2. The second-order valence-corrected chi connectivity index (χ2v) is 14.0. The van der Waals surface area contributed by atoms with Crippen LogP contribution in [0, 0.1) is 39.4 Å². The third kappa shape index (κ3) is 3.73. The van der Waals surface area contributed by atoms with Crippen LogP contribution in [0.25, 0.3) is 0 Å². The highest BCUT2D eigenvalue weighted by Gasteiger charge is 2.71. The van der Waals surface area contributed by atoms with Crippen LogP contribution in [-0.4, -0.2) is 56.1 Å². The molecule has 3 N–H and O–H groups in total. The van der Waals surface area contributed by atoms with Crippen LogP contribution in [0.2, 0.25) is 0 Å². The normalized spacial score (nSPS) is 40.7. The Balaban J connectivity index is 1.79. The van der Waals surface area contributed by atoms with Crippen molar-refractivity contribution in [2.45, 2.75) is 105 Å². The third-order valence-electron chi connectivity index (χ3n) is 11.3. The zero-order valence-corrected chi connectivity index (χ0v) is 23.6. The van der Waals surface area contributed by atoms with Gasteiger partial charge in [-0.1, -0.05) is 34.6 Å². The first-order chi connectivity index (χ1) is 17.2. The molecule has 4 rings (SSSR count). The molecule has 8 heteroatoms. The van der Waals surface area contributed by atoms with Gasteiger partial charge in [0.1, 0.15) is 17.3 Å². The molecular formula is C30H42O8. The van der Waals surface area contributed by atoms with Gasteiger partial charge in [0.05, 0.1) is 23.0 Å². The fourth-order valence-corrected chi connectivity index (χ4v) is 8.97. The van der Waals surface area contributed by atoms with Crippen molar-refractivity contribution >= 4 is 29.1 Å². The molecule has 4 aliphatic carbocycles. The van der Waals surface area contributed by atoms with Gasteiger partial charge in [0, 0.05) is 54.4 Å². The predicted molar refractivity (Wildman–Crippen MR) is 138 cm³/mol. The number of allylic oxidation sites excluding steroid dienone is 1. The zero-order chi connectivity index (χ0) is 28.8. The summed E-state index contributed by atoms with van der Waals surface area (Å²) in [6.07, 6.45) is -0.624. The molecule has 210 valence electrons. The molecule has 2 fully saturated rings. The van der Waals surface area contributed by atoms with Gasteiger partial charge in [-0.25, -0.2) is 0 Å². The van der Waals surface area contributed by atoms with E-state index in [4.69, 9.17) is 0 Å². The van der Waals surface area contributed by atoms with E-state index < -0.39 is 57.0 Å². The molecule has 38 heavy (non-hydrogen) atoms. The maximum absolute atomic E-state index is 14.1. The van der Waals surface area contributed by atoms with Gasteiger partial charge >= 0.3 is 5.97 Å². The lowest BCUT2D eigenvalue weighted by atomic mass is 9.42. The van der Waals surface area contributed by atoms with Gasteiger partial charge in [0.25, 0.3) is 0 Å². The SMILES string of the molecule is C[C@@H](CC(=O)C[C@](C)(O)[C@H]1CC(=O)[C@@]2(C)C3=C(C(=O)C[C@]12C)[C@@]1(C)CCC(=O)C(C)(C)[C@H]1C[C@@H]3O)C(=O)O. The molecule has 8 nitrogen and oxygen atoms in total. The van der Waals surface area contributed by atoms with Crippen LogP contribution in [0.3, 0.4) is 0 Å². The van der Waals surface area contributed by atoms with Crippen molar-refractivity contribution in [3.63, 3.8) is 0 Å². The van der Waals surface area contributed by atoms with Gasteiger partial charge in [-0.15, -0.1) is 0 Å². The van der Waals surface area contributed by atoms with Crippen LogP contribution >= 0.6 is 0 Å². The van der Waals surface area contributed by atoms with E-state index in [2.05, 4.69) is 0 Å². The Labute approximate surface area is 224 Å². The summed E-state index contributed by atoms with van der Waals surface area (Å²) in [5.74, 6) is -3.63. The molecule has 0 radical (unpaired) electrons. The van der Waals surface area contributed by atoms with E-state index in [1.54, 1.807) is 13.8 Å². The van der Waals surface area contributed by atoms with Gasteiger partial charge in [-0.05, 0) is 43.6 Å². The first-order valence-electron chi connectivity index (χ1n) is 13.7. The van der Waals surface area contributed by atoms with Crippen LogP contribution in [0.4, 0.5) is 0 Å². The summed E-state index contributed by atoms with van der Waals surface area (Å²) in [6, 6.07) is 0. The van der Waals surface area contributed by atoms with E-state index in [1.807, 2.05) is 20.8 Å². The number of rotatable bonds is 6. The second kappa shape index (κ2) is 8.65. The molecule has 2 saturated carbocycles. The lowest BCUT2D eigenvalue weighted by Gasteiger charge is -2.60. The average molecular weight is 531 g/mol.